The van der Waals surface area contributed by atoms with E-state index in [1.165, 1.54) is 10.4 Å². The highest BCUT2D eigenvalue weighted by atomic mass is 32.1. The highest BCUT2D eigenvalue weighted by molar-refractivity contribution is 7.10. The van der Waals surface area contributed by atoms with E-state index in [1.807, 2.05) is 6.07 Å². The summed E-state index contributed by atoms with van der Waals surface area (Å²) < 4.78 is 0. The first-order valence-corrected chi connectivity index (χ1v) is 8.19. The Morgan fingerprint density at radius 1 is 1.14 bits per heavy atom. The van der Waals surface area contributed by atoms with E-state index in [0.29, 0.717) is 0 Å². The molecule has 1 unspecified atom stereocenters. The number of piperidine rings is 1. The summed E-state index contributed by atoms with van der Waals surface area (Å²) in [6.45, 7) is 1.68. The molecule has 0 aliphatic carbocycles. The van der Waals surface area contributed by atoms with Crippen LogP contribution in [0.4, 0.5) is 0 Å². The molecule has 1 saturated heterocycles. The van der Waals surface area contributed by atoms with E-state index in [9.17, 15) is 4.79 Å². The van der Waals surface area contributed by atoms with Gasteiger partial charge in [-0.05, 0) is 42.9 Å². The van der Waals surface area contributed by atoms with Gasteiger partial charge < -0.3 is 5.11 Å². The lowest BCUT2D eigenvalue weighted by Gasteiger charge is -2.36. The second-order valence-corrected chi connectivity index (χ2v) is 6.46. The molecule has 1 aromatic carbocycles. The third-order valence-corrected chi connectivity index (χ3v) is 5.10. The molecule has 21 heavy (non-hydrogen) atoms. The number of benzene rings is 1. The summed E-state index contributed by atoms with van der Waals surface area (Å²) >= 11 is 1.77. The normalized spacial score (nSPS) is 18.5. The van der Waals surface area contributed by atoms with E-state index in [2.05, 4.69) is 46.7 Å². The summed E-state index contributed by atoms with van der Waals surface area (Å²) in [5.74, 6) is -0.831. The number of aliphatic carboxylic acids is 1. The Labute approximate surface area is 128 Å². The lowest BCUT2D eigenvalue weighted by molar-refractivity contribution is -0.143. The SMILES string of the molecule is O=C(O)C1CCN(C(c2ccccc2)c2cccs2)CC1. The van der Waals surface area contributed by atoms with Crippen molar-refractivity contribution in [2.75, 3.05) is 13.1 Å². The average molecular weight is 301 g/mol. The van der Waals surface area contributed by atoms with Gasteiger partial charge in [0.25, 0.3) is 0 Å². The molecule has 2 heterocycles. The molecule has 0 amide bonds. The minimum Gasteiger partial charge on any atom is -0.481 e. The summed E-state index contributed by atoms with van der Waals surface area (Å²) in [5, 5.41) is 11.3. The quantitative estimate of drug-likeness (QED) is 0.937. The van der Waals surface area contributed by atoms with Crippen molar-refractivity contribution in [3.63, 3.8) is 0 Å². The number of carbonyl (C=O) groups is 1. The molecule has 3 nitrogen and oxygen atoms in total. The maximum Gasteiger partial charge on any atom is 0.306 e. The predicted octanol–water partition coefficient (Wildman–Crippen LogP) is 3.63. The van der Waals surface area contributed by atoms with Gasteiger partial charge in [-0.3, -0.25) is 9.69 Å². The lowest BCUT2D eigenvalue weighted by atomic mass is 9.94. The molecule has 1 atom stereocenters. The number of hydrogen-bond donors (Lipinski definition) is 1. The number of thiophene rings is 1. The van der Waals surface area contributed by atoms with Gasteiger partial charge in [-0.15, -0.1) is 11.3 Å². The van der Waals surface area contributed by atoms with Crippen LogP contribution in [0.3, 0.4) is 0 Å². The first kappa shape index (κ1) is 14.3. The van der Waals surface area contributed by atoms with Crippen LogP contribution >= 0.6 is 11.3 Å². The molecule has 0 spiro atoms. The minimum absolute atomic E-state index is 0.180. The largest absolute Gasteiger partial charge is 0.481 e. The van der Waals surface area contributed by atoms with Crippen LogP contribution in [0.15, 0.2) is 47.8 Å². The van der Waals surface area contributed by atoms with Gasteiger partial charge in [0.2, 0.25) is 0 Å². The van der Waals surface area contributed by atoms with Gasteiger partial charge in [0, 0.05) is 4.88 Å². The van der Waals surface area contributed by atoms with Gasteiger partial charge in [-0.1, -0.05) is 36.4 Å². The monoisotopic (exact) mass is 301 g/mol. The molecule has 110 valence electrons. The summed E-state index contributed by atoms with van der Waals surface area (Å²) in [5.41, 5.74) is 1.29. The minimum atomic E-state index is -0.651. The maximum atomic E-state index is 11.1. The summed E-state index contributed by atoms with van der Waals surface area (Å²) in [7, 11) is 0. The fourth-order valence-electron chi connectivity index (χ4n) is 3.04. The number of rotatable bonds is 4. The number of nitrogens with zero attached hydrogens (tertiary/aromatic N) is 1. The Morgan fingerprint density at radius 3 is 2.43 bits per heavy atom. The van der Waals surface area contributed by atoms with Crippen molar-refractivity contribution in [1.82, 2.24) is 4.90 Å². The predicted molar refractivity (Wildman–Crippen MR) is 84.5 cm³/mol. The van der Waals surface area contributed by atoms with Crippen LogP contribution < -0.4 is 0 Å². The van der Waals surface area contributed by atoms with Crippen LogP contribution in [0.5, 0.6) is 0 Å². The molecule has 2 aromatic rings. The maximum absolute atomic E-state index is 11.1. The van der Waals surface area contributed by atoms with Gasteiger partial charge in [-0.2, -0.15) is 0 Å². The van der Waals surface area contributed by atoms with Crippen molar-refractivity contribution in [2.24, 2.45) is 5.92 Å². The Balaban J connectivity index is 1.83. The summed E-state index contributed by atoms with van der Waals surface area (Å²) in [6.07, 6.45) is 1.48. The fraction of sp³-hybridized carbons (Fsp3) is 0.353. The van der Waals surface area contributed by atoms with Crippen LogP contribution in [-0.4, -0.2) is 29.1 Å². The van der Waals surface area contributed by atoms with Crippen LogP contribution in [0.25, 0.3) is 0 Å². The molecule has 0 saturated carbocycles. The van der Waals surface area contributed by atoms with Gasteiger partial charge in [0.05, 0.1) is 12.0 Å². The van der Waals surface area contributed by atoms with E-state index in [0.717, 1.165) is 25.9 Å². The first-order chi connectivity index (χ1) is 10.3. The van der Waals surface area contributed by atoms with Crippen molar-refractivity contribution in [3.8, 4) is 0 Å². The summed E-state index contributed by atoms with van der Waals surface area (Å²) in [4.78, 5) is 14.9. The standard InChI is InChI=1S/C17H19NO2S/c19-17(20)14-8-10-18(11-9-14)16(15-7-4-12-21-15)13-5-2-1-3-6-13/h1-7,12,14,16H,8-11H2,(H,19,20). The van der Waals surface area contributed by atoms with Gasteiger partial charge in [0.1, 0.15) is 0 Å². The highest BCUT2D eigenvalue weighted by Gasteiger charge is 2.30. The van der Waals surface area contributed by atoms with Crippen LogP contribution in [-0.2, 0) is 4.79 Å². The second-order valence-electron chi connectivity index (χ2n) is 5.48. The van der Waals surface area contributed by atoms with Crippen molar-refractivity contribution in [3.05, 3.63) is 58.3 Å². The number of carboxylic acids is 1. The Morgan fingerprint density at radius 2 is 1.86 bits per heavy atom. The smallest absolute Gasteiger partial charge is 0.306 e. The molecule has 0 radical (unpaired) electrons. The second kappa shape index (κ2) is 6.41. The third kappa shape index (κ3) is 3.17. The summed E-state index contributed by atoms with van der Waals surface area (Å²) in [6, 6.07) is 15.0. The zero-order chi connectivity index (χ0) is 14.7. The van der Waals surface area contributed by atoms with E-state index in [1.54, 1.807) is 11.3 Å². The Bertz CT molecular complexity index is 574. The van der Waals surface area contributed by atoms with E-state index in [-0.39, 0.29) is 12.0 Å². The van der Waals surface area contributed by atoms with Crippen molar-refractivity contribution < 1.29 is 9.90 Å². The highest BCUT2D eigenvalue weighted by Crippen LogP contribution is 2.34. The van der Waals surface area contributed by atoms with E-state index >= 15 is 0 Å². The molecule has 1 N–H and O–H groups in total. The molecular formula is C17H19NO2S. The molecule has 0 bridgehead atoms. The Kier molecular flexibility index (Phi) is 4.36. The van der Waals surface area contributed by atoms with Crippen molar-refractivity contribution in [1.29, 1.82) is 0 Å². The topological polar surface area (TPSA) is 40.5 Å². The zero-order valence-corrected chi connectivity index (χ0v) is 12.6. The van der Waals surface area contributed by atoms with E-state index in [4.69, 9.17) is 5.11 Å². The van der Waals surface area contributed by atoms with Crippen molar-refractivity contribution >= 4 is 17.3 Å². The van der Waals surface area contributed by atoms with Crippen LogP contribution in [0, 0.1) is 5.92 Å². The lowest BCUT2D eigenvalue weighted by Crippen LogP contribution is -2.38. The van der Waals surface area contributed by atoms with Crippen molar-refractivity contribution in [2.45, 2.75) is 18.9 Å². The van der Waals surface area contributed by atoms with Gasteiger partial charge >= 0.3 is 5.97 Å². The fourth-order valence-corrected chi connectivity index (χ4v) is 3.93. The molecule has 1 aliphatic rings. The Hall–Kier alpha value is -1.65. The van der Waals surface area contributed by atoms with E-state index < -0.39 is 5.97 Å². The molecular weight excluding hydrogens is 282 g/mol. The number of hydrogen-bond acceptors (Lipinski definition) is 3. The first-order valence-electron chi connectivity index (χ1n) is 7.31. The van der Waals surface area contributed by atoms with Gasteiger partial charge in [0.15, 0.2) is 0 Å². The number of likely N-dealkylation sites (tertiary alicyclic amines) is 1. The van der Waals surface area contributed by atoms with Crippen LogP contribution in [0.1, 0.15) is 29.3 Å². The van der Waals surface area contributed by atoms with Crippen LogP contribution in [0.2, 0.25) is 0 Å². The molecule has 1 fully saturated rings. The average Bonchev–Trinajstić information content (AvgIpc) is 3.03. The molecule has 3 rings (SSSR count). The number of carboxylic acid groups (broad SMARTS) is 1. The zero-order valence-electron chi connectivity index (χ0n) is 11.8. The third-order valence-electron chi connectivity index (χ3n) is 4.17. The van der Waals surface area contributed by atoms with Gasteiger partial charge in [-0.25, -0.2) is 0 Å². The molecule has 1 aromatic heterocycles. The molecule has 1 aliphatic heterocycles. The molecule has 4 heteroatoms.